The Labute approximate surface area is 131 Å². The number of sulfonamides is 1. The summed E-state index contributed by atoms with van der Waals surface area (Å²) in [5.41, 5.74) is -0.392. The van der Waals surface area contributed by atoms with Gasteiger partial charge in [-0.05, 0) is 38.9 Å². The Morgan fingerprint density at radius 3 is 2.33 bits per heavy atom. The lowest BCUT2D eigenvalue weighted by molar-refractivity contribution is 0.387. The monoisotopic (exact) mass is 336 g/mol. The van der Waals surface area contributed by atoms with Crippen LogP contribution in [0.4, 0.5) is 4.39 Å². The van der Waals surface area contributed by atoms with E-state index in [-0.39, 0.29) is 17.1 Å². The topological polar surface area (TPSA) is 58.2 Å². The SMILES string of the molecule is CCC(C)(CC)NS(=O)(=O)c1cc(Cl)cc(CNC)c1F. The van der Waals surface area contributed by atoms with Crippen LogP contribution in [0.3, 0.4) is 0 Å². The summed E-state index contributed by atoms with van der Waals surface area (Å²) >= 11 is 5.92. The molecule has 0 aliphatic rings. The molecule has 0 radical (unpaired) electrons. The van der Waals surface area contributed by atoms with Gasteiger partial charge in [0.05, 0.1) is 0 Å². The molecule has 21 heavy (non-hydrogen) atoms. The lowest BCUT2D eigenvalue weighted by Crippen LogP contribution is -2.45. The van der Waals surface area contributed by atoms with Crippen LogP contribution < -0.4 is 10.0 Å². The molecule has 4 nitrogen and oxygen atoms in total. The van der Waals surface area contributed by atoms with Gasteiger partial charge in [-0.25, -0.2) is 17.5 Å². The van der Waals surface area contributed by atoms with Crippen molar-refractivity contribution in [2.24, 2.45) is 0 Å². The van der Waals surface area contributed by atoms with Gasteiger partial charge in [0.15, 0.2) is 0 Å². The molecule has 0 aliphatic heterocycles. The molecule has 1 aromatic rings. The fourth-order valence-electron chi connectivity index (χ4n) is 1.91. The molecule has 0 aliphatic carbocycles. The molecule has 120 valence electrons. The predicted octanol–water partition coefficient (Wildman–Crippen LogP) is 3.06. The third-order valence-corrected chi connectivity index (χ3v) is 5.53. The molecule has 7 heteroatoms. The lowest BCUT2D eigenvalue weighted by atomic mass is 9.98. The van der Waals surface area contributed by atoms with E-state index in [1.807, 2.05) is 13.8 Å². The van der Waals surface area contributed by atoms with Crippen LogP contribution in [0.2, 0.25) is 5.02 Å². The van der Waals surface area contributed by atoms with E-state index in [9.17, 15) is 12.8 Å². The maximum Gasteiger partial charge on any atom is 0.244 e. The van der Waals surface area contributed by atoms with E-state index in [0.29, 0.717) is 12.8 Å². The zero-order valence-electron chi connectivity index (χ0n) is 12.8. The van der Waals surface area contributed by atoms with Gasteiger partial charge in [-0.15, -0.1) is 0 Å². The van der Waals surface area contributed by atoms with Crippen LogP contribution in [0.5, 0.6) is 0 Å². The molecular formula is C14H22ClFN2O2S. The third-order valence-electron chi connectivity index (χ3n) is 3.68. The number of benzene rings is 1. The molecule has 0 unspecified atom stereocenters. The van der Waals surface area contributed by atoms with Gasteiger partial charge in [-0.3, -0.25) is 0 Å². The summed E-state index contributed by atoms with van der Waals surface area (Å²) in [6, 6.07) is 2.56. The van der Waals surface area contributed by atoms with Crippen molar-refractivity contribution in [1.82, 2.24) is 10.0 Å². The van der Waals surface area contributed by atoms with Crippen LogP contribution >= 0.6 is 11.6 Å². The molecule has 0 spiro atoms. The Morgan fingerprint density at radius 1 is 1.29 bits per heavy atom. The van der Waals surface area contributed by atoms with E-state index < -0.39 is 26.3 Å². The lowest BCUT2D eigenvalue weighted by Gasteiger charge is -2.28. The van der Waals surface area contributed by atoms with Crippen LogP contribution in [-0.2, 0) is 16.6 Å². The highest BCUT2D eigenvalue weighted by molar-refractivity contribution is 7.89. The zero-order valence-corrected chi connectivity index (χ0v) is 14.3. The average Bonchev–Trinajstić information content (AvgIpc) is 2.42. The van der Waals surface area contributed by atoms with Crippen molar-refractivity contribution in [2.45, 2.75) is 50.6 Å². The Balaban J connectivity index is 3.32. The number of nitrogens with one attached hydrogen (secondary N) is 2. The molecule has 0 saturated heterocycles. The fraction of sp³-hybridized carbons (Fsp3) is 0.571. The molecule has 2 N–H and O–H groups in total. The van der Waals surface area contributed by atoms with Crippen LogP contribution in [0.1, 0.15) is 39.2 Å². The Morgan fingerprint density at radius 2 is 1.86 bits per heavy atom. The minimum absolute atomic E-state index is 0.191. The normalized spacial score (nSPS) is 12.7. The van der Waals surface area contributed by atoms with Gasteiger partial charge in [0, 0.05) is 22.7 Å². The quantitative estimate of drug-likeness (QED) is 0.804. The summed E-state index contributed by atoms with van der Waals surface area (Å²) in [5, 5.41) is 2.98. The van der Waals surface area contributed by atoms with Gasteiger partial charge in [0.25, 0.3) is 0 Å². The summed E-state index contributed by atoms with van der Waals surface area (Å²) in [7, 11) is -2.32. The van der Waals surface area contributed by atoms with Crippen molar-refractivity contribution < 1.29 is 12.8 Å². The second kappa shape index (κ2) is 7.05. The number of hydrogen-bond acceptors (Lipinski definition) is 3. The molecule has 0 atom stereocenters. The number of halogens is 2. The molecule has 0 saturated carbocycles. The Kier molecular flexibility index (Phi) is 6.16. The van der Waals surface area contributed by atoms with E-state index >= 15 is 0 Å². The van der Waals surface area contributed by atoms with Gasteiger partial charge in [0.1, 0.15) is 10.7 Å². The molecule has 1 aromatic carbocycles. The highest BCUT2D eigenvalue weighted by Gasteiger charge is 2.30. The van der Waals surface area contributed by atoms with Gasteiger partial charge in [0.2, 0.25) is 10.0 Å². The molecule has 0 amide bonds. The van der Waals surface area contributed by atoms with E-state index in [1.54, 1.807) is 14.0 Å². The first-order chi connectivity index (χ1) is 9.69. The first kappa shape index (κ1) is 18.4. The average molecular weight is 337 g/mol. The number of hydrogen-bond donors (Lipinski definition) is 2. The van der Waals surface area contributed by atoms with Crippen molar-refractivity contribution in [2.75, 3.05) is 7.05 Å². The summed E-state index contributed by atoms with van der Waals surface area (Å²) < 4.78 is 41.9. The summed E-state index contributed by atoms with van der Waals surface area (Å²) in [5.74, 6) is -0.768. The van der Waals surface area contributed by atoms with E-state index in [0.717, 1.165) is 6.07 Å². The zero-order chi connectivity index (χ0) is 16.3. The minimum atomic E-state index is -3.97. The standard InChI is InChI=1S/C14H22ClFN2O2S/c1-5-14(3,6-2)18-21(19,20)12-8-11(15)7-10(9-17-4)13(12)16/h7-8,17-18H,5-6,9H2,1-4H3. The third kappa shape index (κ3) is 4.39. The summed E-state index contributed by atoms with van der Waals surface area (Å²) in [4.78, 5) is -0.409. The maximum atomic E-state index is 14.4. The Hall–Kier alpha value is -0.690. The molecule has 0 heterocycles. The summed E-state index contributed by atoms with van der Waals surface area (Å²) in [6.45, 7) is 5.76. The minimum Gasteiger partial charge on any atom is -0.316 e. The van der Waals surface area contributed by atoms with Crippen molar-refractivity contribution in [3.63, 3.8) is 0 Å². The highest BCUT2D eigenvalue weighted by Crippen LogP contribution is 2.26. The van der Waals surface area contributed by atoms with E-state index in [1.165, 1.54) is 6.07 Å². The van der Waals surface area contributed by atoms with Gasteiger partial charge >= 0.3 is 0 Å². The molecule has 0 bridgehead atoms. The van der Waals surface area contributed by atoms with Gasteiger partial charge in [-0.2, -0.15) is 0 Å². The fourth-order valence-corrected chi connectivity index (χ4v) is 3.91. The van der Waals surface area contributed by atoms with Crippen LogP contribution in [0.25, 0.3) is 0 Å². The molecular weight excluding hydrogens is 315 g/mol. The van der Waals surface area contributed by atoms with Crippen molar-refractivity contribution in [3.8, 4) is 0 Å². The largest absolute Gasteiger partial charge is 0.316 e. The van der Waals surface area contributed by atoms with Crippen LogP contribution in [0.15, 0.2) is 17.0 Å². The van der Waals surface area contributed by atoms with E-state index in [4.69, 9.17) is 11.6 Å². The molecule has 0 fully saturated rings. The second-order valence-corrected chi connectivity index (χ2v) is 7.37. The predicted molar refractivity (Wildman–Crippen MR) is 83.5 cm³/mol. The van der Waals surface area contributed by atoms with Crippen molar-refractivity contribution in [1.29, 1.82) is 0 Å². The highest BCUT2D eigenvalue weighted by atomic mass is 35.5. The molecule has 1 rings (SSSR count). The first-order valence-electron chi connectivity index (χ1n) is 6.85. The van der Waals surface area contributed by atoms with Gasteiger partial charge < -0.3 is 5.32 Å². The van der Waals surface area contributed by atoms with Gasteiger partial charge in [-0.1, -0.05) is 25.4 Å². The first-order valence-corrected chi connectivity index (χ1v) is 8.71. The van der Waals surface area contributed by atoms with Crippen molar-refractivity contribution >= 4 is 21.6 Å². The van der Waals surface area contributed by atoms with Crippen molar-refractivity contribution in [3.05, 3.63) is 28.5 Å². The summed E-state index contributed by atoms with van der Waals surface area (Å²) in [6.07, 6.45) is 1.21. The van der Waals surface area contributed by atoms with Crippen LogP contribution in [-0.4, -0.2) is 21.0 Å². The maximum absolute atomic E-state index is 14.4. The molecule has 0 aromatic heterocycles. The smallest absolute Gasteiger partial charge is 0.244 e. The number of rotatable bonds is 7. The Bertz CT molecular complexity index is 601. The second-order valence-electron chi connectivity index (χ2n) is 5.28. The van der Waals surface area contributed by atoms with Crippen LogP contribution in [0, 0.1) is 5.82 Å². The van der Waals surface area contributed by atoms with E-state index in [2.05, 4.69) is 10.0 Å².